The van der Waals surface area contributed by atoms with Crippen LogP contribution in [0.3, 0.4) is 0 Å². The Kier molecular flexibility index (Phi) is 2.26. The maximum absolute atomic E-state index is 12.6. The van der Waals surface area contributed by atoms with Gasteiger partial charge in [0.1, 0.15) is 0 Å². The second-order valence-electron chi connectivity index (χ2n) is 5.39. The summed E-state index contributed by atoms with van der Waals surface area (Å²) in [4.78, 5) is 16.7. The van der Waals surface area contributed by atoms with E-state index in [1.54, 1.807) is 0 Å². The Hall–Kier alpha value is -1.35. The molecule has 1 unspecified atom stereocenters. The summed E-state index contributed by atoms with van der Waals surface area (Å²) < 4.78 is 0. The largest absolute Gasteiger partial charge is 0.341 e. The van der Waals surface area contributed by atoms with Gasteiger partial charge in [0.05, 0.1) is 5.41 Å². The molecule has 17 heavy (non-hydrogen) atoms. The lowest BCUT2D eigenvalue weighted by Gasteiger charge is -2.39. The van der Waals surface area contributed by atoms with Gasteiger partial charge in [0.2, 0.25) is 5.91 Å². The lowest BCUT2D eigenvalue weighted by atomic mass is 9.74. The van der Waals surface area contributed by atoms with Gasteiger partial charge in [-0.1, -0.05) is 24.3 Å². The summed E-state index contributed by atoms with van der Waals surface area (Å²) in [5.74, 6) is 0.292. The van der Waals surface area contributed by atoms with Gasteiger partial charge in [-0.05, 0) is 31.1 Å². The summed E-state index contributed by atoms with van der Waals surface area (Å²) in [7, 11) is 4.01. The minimum Gasteiger partial charge on any atom is -0.341 e. The number of carbonyl (C=O) groups is 1. The first-order valence-electron chi connectivity index (χ1n) is 6.16. The first-order valence-corrected chi connectivity index (χ1v) is 6.16. The molecule has 0 radical (unpaired) electrons. The van der Waals surface area contributed by atoms with Crippen molar-refractivity contribution in [2.75, 3.05) is 27.2 Å². The molecule has 1 amide bonds. The number of rotatable bonds is 0. The first-order chi connectivity index (χ1) is 8.13. The number of fused-ring (bicyclic) bond motifs is 2. The van der Waals surface area contributed by atoms with Crippen molar-refractivity contribution in [1.82, 2.24) is 9.80 Å². The van der Waals surface area contributed by atoms with Crippen LogP contribution in [-0.4, -0.2) is 42.9 Å². The highest BCUT2D eigenvalue weighted by molar-refractivity contribution is 5.90. The Bertz CT molecular complexity index is 471. The molecule has 0 aromatic heterocycles. The van der Waals surface area contributed by atoms with Gasteiger partial charge < -0.3 is 9.80 Å². The molecule has 2 aliphatic rings. The predicted molar refractivity (Wildman–Crippen MR) is 66.7 cm³/mol. The van der Waals surface area contributed by atoms with Crippen molar-refractivity contribution in [2.45, 2.75) is 18.4 Å². The van der Waals surface area contributed by atoms with Crippen LogP contribution in [0.5, 0.6) is 0 Å². The molecule has 0 aliphatic carbocycles. The third kappa shape index (κ3) is 1.42. The molecule has 1 spiro atoms. The topological polar surface area (TPSA) is 23.6 Å². The normalized spacial score (nSPS) is 28.8. The molecule has 90 valence electrons. The Balaban J connectivity index is 2.16. The van der Waals surface area contributed by atoms with Crippen LogP contribution in [0.4, 0.5) is 0 Å². The first kappa shape index (κ1) is 10.8. The Labute approximate surface area is 102 Å². The van der Waals surface area contributed by atoms with Crippen LogP contribution in [0.25, 0.3) is 0 Å². The summed E-state index contributed by atoms with van der Waals surface area (Å²) >= 11 is 0. The van der Waals surface area contributed by atoms with E-state index in [-0.39, 0.29) is 5.41 Å². The van der Waals surface area contributed by atoms with Gasteiger partial charge in [0.25, 0.3) is 0 Å². The van der Waals surface area contributed by atoms with Gasteiger partial charge in [-0.15, -0.1) is 0 Å². The van der Waals surface area contributed by atoms with Crippen molar-refractivity contribution >= 4 is 5.91 Å². The standard InChI is InChI=1S/C14H18N2O/c1-15-8-7-14(10-15)12-6-4-3-5-11(12)9-16(2)13(14)17/h3-6H,7-10H2,1-2H3. The Morgan fingerprint density at radius 1 is 1.24 bits per heavy atom. The fourth-order valence-corrected chi connectivity index (χ4v) is 3.33. The number of hydrogen-bond donors (Lipinski definition) is 0. The molecule has 1 aromatic rings. The van der Waals surface area contributed by atoms with E-state index in [4.69, 9.17) is 0 Å². The quantitative estimate of drug-likeness (QED) is 0.669. The second kappa shape index (κ2) is 3.57. The molecule has 1 aromatic carbocycles. The van der Waals surface area contributed by atoms with Crippen LogP contribution < -0.4 is 0 Å². The number of carbonyl (C=O) groups excluding carboxylic acids is 1. The molecule has 0 saturated carbocycles. The summed E-state index contributed by atoms with van der Waals surface area (Å²) in [6.45, 7) is 2.61. The summed E-state index contributed by atoms with van der Waals surface area (Å²) in [5, 5.41) is 0. The van der Waals surface area contributed by atoms with Crippen molar-refractivity contribution in [1.29, 1.82) is 0 Å². The summed E-state index contributed by atoms with van der Waals surface area (Å²) in [5.41, 5.74) is 2.29. The van der Waals surface area contributed by atoms with Gasteiger partial charge in [-0.25, -0.2) is 0 Å². The highest BCUT2D eigenvalue weighted by atomic mass is 16.2. The third-order valence-corrected chi connectivity index (χ3v) is 4.16. The van der Waals surface area contributed by atoms with E-state index in [1.807, 2.05) is 11.9 Å². The van der Waals surface area contributed by atoms with Crippen molar-refractivity contribution in [2.24, 2.45) is 0 Å². The smallest absolute Gasteiger partial charge is 0.234 e. The van der Waals surface area contributed by atoms with Gasteiger partial charge in [-0.2, -0.15) is 0 Å². The summed E-state index contributed by atoms with van der Waals surface area (Å²) in [6, 6.07) is 8.41. The van der Waals surface area contributed by atoms with Crippen molar-refractivity contribution < 1.29 is 4.79 Å². The predicted octanol–water partition coefficient (Wildman–Crippen LogP) is 1.23. The highest BCUT2D eigenvalue weighted by Crippen LogP contribution is 2.40. The minimum absolute atomic E-state index is 0.279. The molecule has 3 nitrogen and oxygen atoms in total. The third-order valence-electron chi connectivity index (χ3n) is 4.16. The molecule has 3 heteroatoms. The van der Waals surface area contributed by atoms with Crippen LogP contribution in [-0.2, 0) is 16.8 Å². The van der Waals surface area contributed by atoms with Gasteiger partial charge in [0, 0.05) is 20.1 Å². The zero-order chi connectivity index (χ0) is 12.0. The monoisotopic (exact) mass is 230 g/mol. The number of amides is 1. The van der Waals surface area contributed by atoms with Gasteiger partial charge in [0.15, 0.2) is 0 Å². The SMILES string of the molecule is CN1CCC2(C1)C(=O)N(C)Cc1ccccc12. The molecular formula is C14H18N2O. The molecule has 1 saturated heterocycles. The number of nitrogens with zero attached hydrogens (tertiary/aromatic N) is 2. The van der Waals surface area contributed by atoms with Crippen LogP contribution in [0, 0.1) is 0 Å². The Morgan fingerprint density at radius 3 is 2.71 bits per heavy atom. The van der Waals surface area contributed by atoms with Crippen molar-refractivity contribution in [3.8, 4) is 0 Å². The van der Waals surface area contributed by atoms with E-state index in [0.29, 0.717) is 5.91 Å². The maximum Gasteiger partial charge on any atom is 0.234 e. The number of hydrogen-bond acceptors (Lipinski definition) is 2. The van der Waals surface area contributed by atoms with Crippen molar-refractivity contribution in [3.63, 3.8) is 0 Å². The van der Waals surface area contributed by atoms with E-state index in [0.717, 1.165) is 26.1 Å². The van der Waals surface area contributed by atoms with Crippen LogP contribution in [0.1, 0.15) is 17.5 Å². The Morgan fingerprint density at radius 2 is 2.00 bits per heavy atom. The fraction of sp³-hybridized carbons (Fsp3) is 0.500. The van der Waals surface area contributed by atoms with E-state index < -0.39 is 0 Å². The average Bonchev–Trinajstić information content (AvgIpc) is 2.70. The highest BCUT2D eigenvalue weighted by Gasteiger charge is 2.49. The average molecular weight is 230 g/mol. The van der Waals surface area contributed by atoms with Gasteiger partial charge >= 0.3 is 0 Å². The minimum atomic E-state index is -0.279. The van der Waals surface area contributed by atoms with E-state index in [1.165, 1.54) is 11.1 Å². The maximum atomic E-state index is 12.6. The summed E-state index contributed by atoms with van der Waals surface area (Å²) in [6.07, 6.45) is 0.948. The van der Waals surface area contributed by atoms with Gasteiger partial charge in [-0.3, -0.25) is 4.79 Å². The zero-order valence-electron chi connectivity index (χ0n) is 10.4. The molecule has 2 aliphatic heterocycles. The van der Waals surface area contributed by atoms with E-state index in [2.05, 4.69) is 36.2 Å². The molecule has 3 rings (SSSR count). The molecule has 1 atom stereocenters. The molecule has 0 bridgehead atoms. The number of likely N-dealkylation sites (N-methyl/N-ethyl adjacent to an activating group) is 2. The number of likely N-dealkylation sites (tertiary alicyclic amines) is 1. The lowest BCUT2D eigenvalue weighted by Crippen LogP contribution is -2.50. The molecular weight excluding hydrogens is 212 g/mol. The zero-order valence-corrected chi connectivity index (χ0v) is 10.4. The molecule has 1 fully saturated rings. The number of benzene rings is 1. The second-order valence-corrected chi connectivity index (χ2v) is 5.39. The van der Waals surface area contributed by atoms with Crippen LogP contribution >= 0.6 is 0 Å². The van der Waals surface area contributed by atoms with Crippen LogP contribution in [0.2, 0.25) is 0 Å². The van der Waals surface area contributed by atoms with Crippen LogP contribution in [0.15, 0.2) is 24.3 Å². The van der Waals surface area contributed by atoms with E-state index in [9.17, 15) is 4.79 Å². The van der Waals surface area contributed by atoms with E-state index >= 15 is 0 Å². The molecule has 0 N–H and O–H groups in total. The lowest BCUT2D eigenvalue weighted by molar-refractivity contribution is -0.137. The fourth-order valence-electron chi connectivity index (χ4n) is 3.33. The van der Waals surface area contributed by atoms with Crippen molar-refractivity contribution in [3.05, 3.63) is 35.4 Å². The molecule has 2 heterocycles.